The number of likely N-dealkylation sites (N-methyl/N-ethyl adjacent to an activating group) is 1. The van der Waals surface area contributed by atoms with Gasteiger partial charge in [0.15, 0.2) is 0 Å². The molecule has 0 spiro atoms. The molecule has 5 heterocycles. The summed E-state index contributed by atoms with van der Waals surface area (Å²) in [6.45, 7) is 3.95. The van der Waals surface area contributed by atoms with Gasteiger partial charge in [0, 0.05) is 82.5 Å². The van der Waals surface area contributed by atoms with Gasteiger partial charge in [-0.1, -0.05) is 0 Å². The van der Waals surface area contributed by atoms with E-state index in [0.29, 0.717) is 40.5 Å². The molecule has 1 aromatic carbocycles. The number of fused-ring (bicyclic) bond motifs is 4. The second-order valence-electron chi connectivity index (χ2n) is 11.2. The fourth-order valence-electron chi connectivity index (χ4n) is 6.27. The molecule has 1 atom stereocenters. The lowest BCUT2D eigenvalue weighted by atomic mass is 10.0. The zero-order valence-electron chi connectivity index (χ0n) is 24.6. The molecule has 1 fully saturated rings. The van der Waals surface area contributed by atoms with Gasteiger partial charge in [0.25, 0.3) is 0 Å². The van der Waals surface area contributed by atoms with Crippen molar-refractivity contribution in [3.63, 3.8) is 0 Å². The summed E-state index contributed by atoms with van der Waals surface area (Å²) in [6, 6.07) is 4.65. The van der Waals surface area contributed by atoms with Crippen molar-refractivity contribution in [2.24, 2.45) is 13.0 Å². The molecule has 6 rings (SSSR count). The minimum atomic E-state index is -1.29. The molecule has 3 N–H and O–H groups in total. The summed E-state index contributed by atoms with van der Waals surface area (Å²) in [4.78, 5) is 42.2. The molecule has 0 aliphatic carbocycles. The van der Waals surface area contributed by atoms with E-state index < -0.39 is 11.4 Å². The maximum Gasteiger partial charge on any atom is 0.341 e. The number of aromatic amines is 1. The number of benzene rings is 1. The normalized spacial score (nSPS) is 15.4. The molecule has 1 aliphatic heterocycles. The number of halogens is 1. The van der Waals surface area contributed by atoms with E-state index in [0.717, 1.165) is 54.8 Å². The van der Waals surface area contributed by atoms with E-state index in [1.165, 1.54) is 18.3 Å². The van der Waals surface area contributed by atoms with Gasteiger partial charge < -0.3 is 34.5 Å². The van der Waals surface area contributed by atoms with E-state index in [9.17, 15) is 19.1 Å². The van der Waals surface area contributed by atoms with Crippen LogP contribution < -0.4 is 15.6 Å². The Morgan fingerprint density at radius 1 is 1.26 bits per heavy atom. The van der Waals surface area contributed by atoms with Crippen molar-refractivity contribution in [1.29, 1.82) is 0 Å². The largest absolute Gasteiger partial charge is 0.477 e. The Bertz CT molecular complexity index is 1940. The van der Waals surface area contributed by atoms with Gasteiger partial charge >= 0.3 is 5.97 Å². The number of aryl methyl sites for hydroxylation is 1. The number of anilines is 2. The van der Waals surface area contributed by atoms with Crippen molar-refractivity contribution >= 4 is 50.3 Å². The first kappa shape index (κ1) is 28.6. The number of nitrogens with one attached hydrogen (secondary N) is 2. The number of hydrogen-bond acceptors (Lipinski definition) is 8. The van der Waals surface area contributed by atoms with Gasteiger partial charge in [0.2, 0.25) is 5.43 Å². The summed E-state index contributed by atoms with van der Waals surface area (Å²) in [5.74, 6) is -1.27. The van der Waals surface area contributed by atoms with Gasteiger partial charge in [-0.3, -0.25) is 4.79 Å². The predicted molar refractivity (Wildman–Crippen MR) is 166 cm³/mol. The first-order valence-electron chi connectivity index (χ1n) is 14.2. The number of H-pyrrole nitrogens is 1. The summed E-state index contributed by atoms with van der Waals surface area (Å²) < 4.78 is 21.7. The summed E-state index contributed by atoms with van der Waals surface area (Å²) in [5.41, 5.74) is 3.67. The maximum atomic E-state index is 14.9. The number of pyridine rings is 3. The third kappa shape index (κ3) is 5.06. The summed E-state index contributed by atoms with van der Waals surface area (Å²) in [7, 11) is 7.20. The van der Waals surface area contributed by atoms with Crippen LogP contribution in [0.5, 0.6) is 0 Å². The Balaban J connectivity index is 1.56. The van der Waals surface area contributed by atoms with Gasteiger partial charge in [0.05, 0.1) is 34.3 Å². The Hall–Kier alpha value is -4.55. The molecule has 5 aromatic rings. The van der Waals surface area contributed by atoms with Gasteiger partial charge in [-0.15, -0.1) is 0 Å². The number of hydrogen-bond donors (Lipinski definition) is 3. The van der Waals surface area contributed by atoms with Crippen molar-refractivity contribution in [1.82, 2.24) is 24.4 Å². The molecule has 1 saturated heterocycles. The second-order valence-corrected chi connectivity index (χ2v) is 11.2. The zero-order chi connectivity index (χ0) is 30.4. The first-order valence-corrected chi connectivity index (χ1v) is 14.2. The number of carbonyl (C=O) groups is 1. The fourth-order valence-corrected chi connectivity index (χ4v) is 6.27. The smallest absolute Gasteiger partial charge is 0.341 e. The highest BCUT2D eigenvalue weighted by atomic mass is 19.1. The number of aromatic nitrogens is 4. The summed E-state index contributed by atoms with van der Waals surface area (Å²) in [5, 5.41) is 14.4. The number of methoxy groups -OCH3 is 1. The van der Waals surface area contributed by atoms with Crippen LogP contribution in [0.1, 0.15) is 16.8 Å². The van der Waals surface area contributed by atoms with Crippen LogP contribution in [0.2, 0.25) is 0 Å². The number of carboxylic acids is 1. The average molecular weight is 588 g/mol. The molecule has 0 saturated carbocycles. The Morgan fingerprint density at radius 2 is 2.07 bits per heavy atom. The van der Waals surface area contributed by atoms with Crippen molar-refractivity contribution in [2.75, 3.05) is 64.2 Å². The minimum absolute atomic E-state index is 0.201. The van der Waals surface area contributed by atoms with Crippen molar-refractivity contribution in [3.05, 3.63) is 58.4 Å². The topological polar surface area (TPSA) is 129 Å². The Kier molecular flexibility index (Phi) is 7.49. The van der Waals surface area contributed by atoms with E-state index in [2.05, 4.69) is 32.1 Å². The number of aromatic carboxylic acids is 1. The molecule has 43 heavy (non-hydrogen) atoms. The molecule has 0 amide bonds. The number of rotatable bonds is 9. The Morgan fingerprint density at radius 3 is 2.81 bits per heavy atom. The second kappa shape index (κ2) is 11.3. The number of nitrogens with zero attached hydrogens (tertiary/aromatic N) is 5. The molecule has 11 nitrogen and oxygen atoms in total. The fraction of sp³-hybridized carbons (Fsp3) is 0.355. The van der Waals surface area contributed by atoms with E-state index in [1.54, 1.807) is 44.2 Å². The molecule has 224 valence electrons. The highest BCUT2D eigenvalue weighted by molar-refractivity contribution is 6.18. The highest BCUT2D eigenvalue weighted by Crippen LogP contribution is 2.43. The quantitative estimate of drug-likeness (QED) is 0.235. The number of carboxylic acid groups (broad SMARTS) is 1. The molecule has 1 aliphatic rings. The number of ether oxygens (including phenoxy) is 1. The van der Waals surface area contributed by atoms with Crippen LogP contribution in [0.3, 0.4) is 0 Å². The van der Waals surface area contributed by atoms with Crippen LogP contribution in [-0.4, -0.2) is 89.5 Å². The lowest BCUT2D eigenvalue weighted by Crippen LogP contribution is -2.30. The SMILES string of the molecule is CNc1cc(F)cc2c1[nH]c1ncc(-c3cnc4c(c3)c(=O)c(C(=O)O)cn4C)c(N3CCC(CN(C)CCOC)C3)c12. The standard InChI is InChI=1S/C31H34FN7O4/c1-33-24-11-19(32)10-20-25-27(39-6-5-17(15-39)14-37(2)7-8-43-4)22(13-34-29(25)36-26(20)24)18-9-21-28(40)23(31(41)42)16-38(3)30(21)35-12-18/h9-13,16-17,33H,5-8,14-15H2,1-4H3,(H,34,36)(H,41,42). The van der Waals surface area contributed by atoms with E-state index in [4.69, 9.17) is 9.72 Å². The van der Waals surface area contributed by atoms with Crippen LogP contribution in [0.25, 0.3) is 44.1 Å². The summed E-state index contributed by atoms with van der Waals surface area (Å²) in [6.07, 6.45) is 5.67. The molecular formula is C31H34FN7O4. The van der Waals surface area contributed by atoms with Crippen LogP contribution >= 0.6 is 0 Å². The molecule has 4 aromatic heterocycles. The third-order valence-electron chi connectivity index (χ3n) is 8.34. The molecule has 0 radical (unpaired) electrons. The molecule has 12 heteroatoms. The van der Waals surface area contributed by atoms with Gasteiger partial charge in [-0.2, -0.15) is 0 Å². The third-order valence-corrected chi connectivity index (χ3v) is 8.34. The predicted octanol–water partition coefficient (Wildman–Crippen LogP) is 3.91. The van der Waals surface area contributed by atoms with Crippen LogP contribution in [0, 0.1) is 11.7 Å². The maximum absolute atomic E-state index is 14.9. The molecular weight excluding hydrogens is 553 g/mol. The van der Waals surface area contributed by atoms with Crippen LogP contribution in [0.4, 0.5) is 15.8 Å². The van der Waals surface area contributed by atoms with Gasteiger partial charge in [0.1, 0.15) is 22.7 Å². The van der Waals surface area contributed by atoms with E-state index in [1.807, 2.05) is 0 Å². The monoisotopic (exact) mass is 587 g/mol. The average Bonchev–Trinajstić information content (AvgIpc) is 3.61. The first-order chi connectivity index (χ1) is 20.7. The van der Waals surface area contributed by atoms with E-state index in [-0.39, 0.29) is 16.8 Å². The van der Waals surface area contributed by atoms with Gasteiger partial charge in [-0.25, -0.2) is 19.2 Å². The molecule has 1 unspecified atom stereocenters. The van der Waals surface area contributed by atoms with Crippen molar-refractivity contribution < 1.29 is 19.0 Å². The minimum Gasteiger partial charge on any atom is -0.477 e. The zero-order valence-corrected chi connectivity index (χ0v) is 24.6. The van der Waals surface area contributed by atoms with Crippen LogP contribution in [-0.2, 0) is 11.8 Å². The molecule has 0 bridgehead atoms. The Labute approximate surface area is 246 Å². The van der Waals surface area contributed by atoms with Crippen LogP contribution in [0.15, 0.2) is 41.6 Å². The summed E-state index contributed by atoms with van der Waals surface area (Å²) >= 11 is 0. The van der Waals surface area contributed by atoms with Gasteiger partial charge in [-0.05, 0) is 37.6 Å². The highest BCUT2D eigenvalue weighted by Gasteiger charge is 2.29. The van der Waals surface area contributed by atoms with E-state index >= 15 is 0 Å². The van der Waals surface area contributed by atoms with Crippen molar-refractivity contribution in [2.45, 2.75) is 6.42 Å². The lowest BCUT2D eigenvalue weighted by molar-refractivity contribution is 0.0695. The lowest BCUT2D eigenvalue weighted by Gasteiger charge is -2.25. The van der Waals surface area contributed by atoms with Crippen molar-refractivity contribution in [3.8, 4) is 11.1 Å².